The highest BCUT2D eigenvalue weighted by Gasteiger charge is 2.32. The second-order valence-corrected chi connectivity index (χ2v) is 6.61. The van der Waals surface area contributed by atoms with Crippen LogP contribution in [0.4, 0.5) is 0 Å². The van der Waals surface area contributed by atoms with Gasteiger partial charge in [-0.05, 0) is 38.5 Å². The zero-order valence-electron chi connectivity index (χ0n) is 12.1. The highest BCUT2D eigenvalue weighted by molar-refractivity contribution is 7.99. The van der Waals surface area contributed by atoms with Gasteiger partial charge in [0, 0.05) is 30.4 Å². The summed E-state index contributed by atoms with van der Waals surface area (Å²) < 4.78 is 0. The number of thioether (sulfide) groups is 1. The van der Waals surface area contributed by atoms with Crippen molar-refractivity contribution >= 4 is 11.8 Å². The Hall–Kier alpha value is 0.270. The molecule has 1 aliphatic rings. The molecule has 17 heavy (non-hydrogen) atoms. The van der Waals surface area contributed by atoms with Crippen LogP contribution in [0, 0.1) is 0 Å². The lowest BCUT2D eigenvalue weighted by atomic mass is 9.92. The van der Waals surface area contributed by atoms with E-state index in [1.54, 1.807) is 0 Å². The second kappa shape index (κ2) is 7.65. The fourth-order valence-corrected chi connectivity index (χ4v) is 3.33. The first-order valence-corrected chi connectivity index (χ1v) is 8.39. The minimum atomic E-state index is 0.363. The summed E-state index contributed by atoms with van der Waals surface area (Å²) in [4.78, 5) is 2.70. The molecule has 1 N–H and O–H groups in total. The summed E-state index contributed by atoms with van der Waals surface area (Å²) in [5.41, 5.74) is 0.363. The fourth-order valence-electron chi connectivity index (χ4n) is 2.68. The zero-order valence-corrected chi connectivity index (χ0v) is 12.9. The third kappa shape index (κ3) is 4.46. The molecule has 1 rings (SSSR count). The van der Waals surface area contributed by atoms with E-state index in [-0.39, 0.29) is 0 Å². The van der Waals surface area contributed by atoms with Crippen LogP contribution in [0.1, 0.15) is 47.0 Å². The standard InChI is InChI=1S/C14H30N2S/c1-5-14(6-2)12-16(10-11-17-7-3)13(4)8-9-15-14/h13,15H,5-12H2,1-4H3. The van der Waals surface area contributed by atoms with E-state index in [1.807, 2.05) is 0 Å². The van der Waals surface area contributed by atoms with Crippen LogP contribution in [-0.4, -0.2) is 47.6 Å². The maximum absolute atomic E-state index is 3.80. The number of nitrogens with one attached hydrogen (secondary N) is 1. The van der Waals surface area contributed by atoms with Crippen LogP contribution in [0.5, 0.6) is 0 Å². The van der Waals surface area contributed by atoms with Gasteiger partial charge in [-0.1, -0.05) is 20.8 Å². The van der Waals surface area contributed by atoms with E-state index in [0.717, 1.165) is 6.04 Å². The van der Waals surface area contributed by atoms with Crippen LogP contribution in [0.15, 0.2) is 0 Å². The van der Waals surface area contributed by atoms with E-state index in [0.29, 0.717) is 5.54 Å². The van der Waals surface area contributed by atoms with Crippen LogP contribution in [0.2, 0.25) is 0 Å². The van der Waals surface area contributed by atoms with Crippen molar-refractivity contribution in [2.45, 2.75) is 58.5 Å². The molecular weight excluding hydrogens is 228 g/mol. The van der Waals surface area contributed by atoms with Crippen molar-refractivity contribution in [3.05, 3.63) is 0 Å². The van der Waals surface area contributed by atoms with Crippen LogP contribution < -0.4 is 5.32 Å². The summed E-state index contributed by atoms with van der Waals surface area (Å²) in [5, 5.41) is 3.80. The lowest BCUT2D eigenvalue weighted by Gasteiger charge is -2.37. The normalized spacial score (nSPS) is 25.8. The topological polar surface area (TPSA) is 15.3 Å². The maximum Gasteiger partial charge on any atom is 0.0303 e. The first-order valence-electron chi connectivity index (χ1n) is 7.24. The molecule has 1 fully saturated rings. The van der Waals surface area contributed by atoms with Gasteiger partial charge in [-0.25, -0.2) is 0 Å². The first kappa shape index (κ1) is 15.3. The fraction of sp³-hybridized carbons (Fsp3) is 1.00. The van der Waals surface area contributed by atoms with Crippen molar-refractivity contribution < 1.29 is 0 Å². The number of rotatable bonds is 6. The average molecular weight is 258 g/mol. The number of hydrogen-bond donors (Lipinski definition) is 1. The van der Waals surface area contributed by atoms with Gasteiger partial charge < -0.3 is 5.32 Å². The van der Waals surface area contributed by atoms with E-state index in [9.17, 15) is 0 Å². The van der Waals surface area contributed by atoms with E-state index < -0.39 is 0 Å². The van der Waals surface area contributed by atoms with Gasteiger partial charge >= 0.3 is 0 Å². The summed E-state index contributed by atoms with van der Waals surface area (Å²) in [5.74, 6) is 2.53. The van der Waals surface area contributed by atoms with Gasteiger partial charge in [0.1, 0.15) is 0 Å². The van der Waals surface area contributed by atoms with Crippen LogP contribution in [-0.2, 0) is 0 Å². The maximum atomic E-state index is 3.80. The van der Waals surface area contributed by atoms with Crippen molar-refractivity contribution in [1.29, 1.82) is 0 Å². The molecule has 0 bridgehead atoms. The smallest absolute Gasteiger partial charge is 0.0303 e. The Morgan fingerprint density at radius 3 is 2.59 bits per heavy atom. The van der Waals surface area contributed by atoms with E-state index in [1.165, 1.54) is 50.4 Å². The molecule has 1 atom stereocenters. The zero-order chi connectivity index (χ0) is 12.7. The third-order valence-corrected chi connectivity index (χ3v) is 5.15. The summed E-state index contributed by atoms with van der Waals surface area (Å²) >= 11 is 2.06. The molecule has 0 aromatic carbocycles. The van der Waals surface area contributed by atoms with Crippen LogP contribution in [0.25, 0.3) is 0 Å². The molecule has 0 radical (unpaired) electrons. The highest BCUT2D eigenvalue weighted by Crippen LogP contribution is 2.22. The van der Waals surface area contributed by atoms with Crippen molar-refractivity contribution in [1.82, 2.24) is 10.2 Å². The molecule has 1 saturated heterocycles. The Kier molecular flexibility index (Phi) is 6.90. The van der Waals surface area contributed by atoms with Crippen LogP contribution >= 0.6 is 11.8 Å². The van der Waals surface area contributed by atoms with Crippen molar-refractivity contribution in [2.75, 3.05) is 31.1 Å². The van der Waals surface area contributed by atoms with Crippen molar-refractivity contribution in [3.63, 3.8) is 0 Å². The van der Waals surface area contributed by atoms with E-state index in [4.69, 9.17) is 0 Å². The number of hydrogen-bond acceptors (Lipinski definition) is 3. The Balaban J connectivity index is 2.58. The summed E-state index contributed by atoms with van der Waals surface area (Å²) in [6, 6.07) is 0.736. The molecule has 0 aromatic rings. The molecule has 2 nitrogen and oxygen atoms in total. The quantitative estimate of drug-likeness (QED) is 0.737. The minimum absolute atomic E-state index is 0.363. The van der Waals surface area contributed by atoms with Gasteiger partial charge in [0.25, 0.3) is 0 Å². The predicted octanol–water partition coefficient (Wildman–Crippen LogP) is 2.98. The summed E-state index contributed by atoms with van der Waals surface area (Å²) in [7, 11) is 0. The number of nitrogens with zero attached hydrogens (tertiary/aromatic N) is 1. The van der Waals surface area contributed by atoms with E-state index >= 15 is 0 Å². The molecule has 1 aliphatic heterocycles. The van der Waals surface area contributed by atoms with Gasteiger partial charge in [0.2, 0.25) is 0 Å². The Morgan fingerprint density at radius 2 is 2.00 bits per heavy atom. The summed E-state index contributed by atoms with van der Waals surface area (Å²) in [6.07, 6.45) is 3.78. The molecule has 0 aliphatic carbocycles. The van der Waals surface area contributed by atoms with Gasteiger partial charge in [-0.3, -0.25) is 4.90 Å². The minimum Gasteiger partial charge on any atom is -0.310 e. The Morgan fingerprint density at radius 1 is 1.29 bits per heavy atom. The lowest BCUT2D eigenvalue weighted by molar-refractivity contribution is 0.168. The molecule has 1 unspecified atom stereocenters. The summed E-state index contributed by atoms with van der Waals surface area (Å²) in [6.45, 7) is 13.0. The molecule has 3 heteroatoms. The third-order valence-electron chi connectivity index (χ3n) is 4.27. The van der Waals surface area contributed by atoms with Crippen molar-refractivity contribution in [2.24, 2.45) is 0 Å². The van der Waals surface area contributed by atoms with Gasteiger partial charge in [0.05, 0.1) is 0 Å². The molecular formula is C14H30N2S. The second-order valence-electron chi connectivity index (χ2n) is 5.22. The Labute approximate surface area is 112 Å². The molecule has 102 valence electrons. The average Bonchev–Trinajstić information content (AvgIpc) is 2.50. The molecule has 0 spiro atoms. The first-order chi connectivity index (χ1) is 8.17. The van der Waals surface area contributed by atoms with E-state index in [2.05, 4.69) is 49.7 Å². The molecule has 0 amide bonds. The lowest BCUT2D eigenvalue weighted by Crippen LogP contribution is -2.51. The van der Waals surface area contributed by atoms with Gasteiger partial charge in [0.15, 0.2) is 0 Å². The molecule has 0 aromatic heterocycles. The molecule has 0 saturated carbocycles. The monoisotopic (exact) mass is 258 g/mol. The van der Waals surface area contributed by atoms with Gasteiger partial charge in [-0.2, -0.15) is 11.8 Å². The van der Waals surface area contributed by atoms with Crippen molar-refractivity contribution in [3.8, 4) is 0 Å². The Bertz CT molecular complexity index is 204. The van der Waals surface area contributed by atoms with Gasteiger partial charge in [-0.15, -0.1) is 0 Å². The SMILES string of the molecule is CCSCCN1CC(CC)(CC)NCCC1C. The van der Waals surface area contributed by atoms with Crippen LogP contribution in [0.3, 0.4) is 0 Å². The highest BCUT2D eigenvalue weighted by atomic mass is 32.2. The predicted molar refractivity (Wildman–Crippen MR) is 80.0 cm³/mol. The molecule has 1 heterocycles. The largest absolute Gasteiger partial charge is 0.310 e.